The molecule has 108 valence electrons. The van der Waals surface area contributed by atoms with Crippen LogP contribution in [-0.2, 0) is 17.3 Å². The Labute approximate surface area is 118 Å². The summed E-state index contributed by atoms with van der Waals surface area (Å²) in [6, 6.07) is 0. The zero-order chi connectivity index (χ0) is 14.6. The van der Waals surface area contributed by atoms with Gasteiger partial charge in [0.25, 0.3) is 5.91 Å². The molecule has 0 spiro atoms. The number of halogens is 2. The van der Waals surface area contributed by atoms with Crippen LogP contribution < -0.4 is 0 Å². The summed E-state index contributed by atoms with van der Waals surface area (Å²) in [5.74, 6) is -4.71. The number of alkyl halides is 2. The lowest BCUT2D eigenvalue weighted by Gasteiger charge is -2.22. The Hall–Kier alpha value is -1.83. The molecule has 20 heavy (non-hydrogen) atoms. The van der Waals surface area contributed by atoms with Gasteiger partial charge in [0.2, 0.25) is 0 Å². The topological polar surface area (TPSA) is 51.0 Å². The van der Waals surface area contributed by atoms with Gasteiger partial charge >= 0.3 is 5.92 Å². The minimum absolute atomic E-state index is 0.255. The number of carbonyl (C=O) groups is 1. The zero-order valence-corrected chi connectivity index (χ0v) is 11.7. The Morgan fingerprint density at radius 3 is 2.90 bits per heavy atom. The summed E-state index contributed by atoms with van der Waals surface area (Å²) >= 11 is 0.776. The summed E-state index contributed by atoms with van der Waals surface area (Å²) in [5.41, 5.74) is 1.29. The molecule has 5 nitrogen and oxygen atoms in total. The standard InChI is InChI=1S/C12H14F2N4OS/c1-17(4-2-5-18-6-3-15-8-18)11(19)12(13,14)10-7-16-9-20-10/h3,6-9H,2,4-5H2,1H3. The van der Waals surface area contributed by atoms with Gasteiger partial charge in [-0.15, -0.1) is 11.3 Å². The van der Waals surface area contributed by atoms with Crippen molar-refractivity contribution in [3.63, 3.8) is 0 Å². The van der Waals surface area contributed by atoms with Gasteiger partial charge in [-0.3, -0.25) is 9.78 Å². The molecule has 0 bridgehead atoms. The van der Waals surface area contributed by atoms with Crippen molar-refractivity contribution in [2.45, 2.75) is 18.9 Å². The molecular formula is C12H14F2N4OS. The van der Waals surface area contributed by atoms with E-state index in [1.165, 1.54) is 12.6 Å². The fourth-order valence-corrected chi connectivity index (χ4v) is 2.32. The van der Waals surface area contributed by atoms with Gasteiger partial charge in [-0.05, 0) is 6.42 Å². The summed E-state index contributed by atoms with van der Waals surface area (Å²) < 4.78 is 29.6. The molecular weight excluding hydrogens is 286 g/mol. The molecule has 0 aromatic carbocycles. The first kappa shape index (κ1) is 14.6. The minimum Gasteiger partial charge on any atom is -0.340 e. The van der Waals surface area contributed by atoms with E-state index in [4.69, 9.17) is 0 Å². The van der Waals surface area contributed by atoms with Crippen LogP contribution >= 0.6 is 11.3 Å². The third kappa shape index (κ3) is 3.19. The highest BCUT2D eigenvalue weighted by Crippen LogP contribution is 2.32. The lowest BCUT2D eigenvalue weighted by Crippen LogP contribution is -2.39. The molecule has 2 aromatic rings. The monoisotopic (exact) mass is 300 g/mol. The summed E-state index contributed by atoms with van der Waals surface area (Å²) in [6.45, 7) is 0.884. The largest absolute Gasteiger partial charge is 0.360 e. The number of imidazole rings is 1. The molecule has 8 heteroatoms. The zero-order valence-electron chi connectivity index (χ0n) is 10.9. The third-order valence-electron chi connectivity index (χ3n) is 2.83. The summed E-state index contributed by atoms with van der Waals surface area (Å²) in [5, 5.41) is 0. The van der Waals surface area contributed by atoms with Crippen LogP contribution in [0.4, 0.5) is 8.78 Å². The lowest BCUT2D eigenvalue weighted by atomic mass is 10.2. The number of thiazole rings is 1. The number of amides is 1. The third-order valence-corrected chi connectivity index (χ3v) is 3.67. The first-order valence-electron chi connectivity index (χ1n) is 6.00. The Bertz CT molecular complexity index is 542. The van der Waals surface area contributed by atoms with Crippen LogP contribution in [0.15, 0.2) is 30.4 Å². The van der Waals surface area contributed by atoms with Crippen LogP contribution in [0.2, 0.25) is 0 Å². The second kappa shape index (κ2) is 6.08. The second-order valence-electron chi connectivity index (χ2n) is 4.32. The quantitative estimate of drug-likeness (QED) is 0.819. The highest BCUT2D eigenvalue weighted by atomic mass is 32.1. The normalized spacial score (nSPS) is 11.6. The maximum atomic E-state index is 13.9. The summed E-state index contributed by atoms with van der Waals surface area (Å²) in [4.78, 5) is 20.0. The summed E-state index contributed by atoms with van der Waals surface area (Å²) in [7, 11) is 1.38. The van der Waals surface area contributed by atoms with Crippen LogP contribution in [0.3, 0.4) is 0 Å². The average molecular weight is 300 g/mol. The molecule has 0 saturated heterocycles. The maximum Gasteiger partial charge on any atom is 0.360 e. The molecule has 2 aromatic heterocycles. The van der Waals surface area contributed by atoms with Crippen molar-refractivity contribution in [2.75, 3.05) is 13.6 Å². The van der Waals surface area contributed by atoms with Gasteiger partial charge in [0, 0.05) is 38.7 Å². The van der Waals surface area contributed by atoms with Gasteiger partial charge in [0.1, 0.15) is 4.88 Å². The van der Waals surface area contributed by atoms with Crippen molar-refractivity contribution in [2.24, 2.45) is 0 Å². The highest BCUT2D eigenvalue weighted by molar-refractivity contribution is 7.09. The van der Waals surface area contributed by atoms with E-state index in [2.05, 4.69) is 9.97 Å². The smallest absolute Gasteiger partial charge is 0.340 e. The van der Waals surface area contributed by atoms with Gasteiger partial charge in [0.05, 0.1) is 11.8 Å². The van der Waals surface area contributed by atoms with E-state index in [0.29, 0.717) is 13.0 Å². The second-order valence-corrected chi connectivity index (χ2v) is 5.21. The number of rotatable bonds is 6. The molecule has 0 aliphatic carbocycles. The van der Waals surface area contributed by atoms with Crippen molar-refractivity contribution >= 4 is 17.2 Å². The fraction of sp³-hybridized carbons (Fsp3) is 0.417. The predicted octanol–water partition coefficient (Wildman–Crippen LogP) is 1.98. The minimum atomic E-state index is -3.51. The van der Waals surface area contributed by atoms with Crippen molar-refractivity contribution in [3.05, 3.63) is 35.3 Å². The van der Waals surface area contributed by atoms with Crippen molar-refractivity contribution < 1.29 is 13.6 Å². The van der Waals surface area contributed by atoms with Gasteiger partial charge in [-0.1, -0.05) is 0 Å². The molecule has 0 aliphatic heterocycles. The van der Waals surface area contributed by atoms with E-state index >= 15 is 0 Å². The van der Waals surface area contributed by atoms with Crippen LogP contribution in [0.5, 0.6) is 0 Å². The number of carbonyl (C=O) groups excluding carboxylic acids is 1. The molecule has 0 saturated carbocycles. The molecule has 0 radical (unpaired) electrons. The van der Waals surface area contributed by atoms with Gasteiger partial charge in [-0.2, -0.15) is 8.78 Å². The van der Waals surface area contributed by atoms with E-state index in [1.807, 2.05) is 4.57 Å². The lowest BCUT2D eigenvalue weighted by molar-refractivity contribution is -0.157. The van der Waals surface area contributed by atoms with E-state index in [9.17, 15) is 13.6 Å². The van der Waals surface area contributed by atoms with Crippen molar-refractivity contribution in [1.29, 1.82) is 0 Å². The number of likely N-dealkylation sites (N-methyl/N-ethyl adjacent to an activating group) is 1. The number of aryl methyl sites for hydroxylation is 1. The first-order valence-corrected chi connectivity index (χ1v) is 6.88. The van der Waals surface area contributed by atoms with E-state index in [-0.39, 0.29) is 11.4 Å². The first-order chi connectivity index (χ1) is 9.51. The molecule has 0 unspecified atom stereocenters. The summed E-state index contributed by atoms with van der Waals surface area (Å²) in [6.07, 6.45) is 6.69. The predicted molar refractivity (Wildman–Crippen MR) is 70.5 cm³/mol. The molecule has 1 amide bonds. The Morgan fingerprint density at radius 2 is 2.30 bits per heavy atom. The van der Waals surface area contributed by atoms with Gasteiger partial charge < -0.3 is 9.47 Å². The van der Waals surface area contributed by atoms with E-state index < -0.39 is 11.8 Å². The van der Waals surface area contributed by atoms with Gasteiger partial charge in [0.15, 0.2) is 0 Å². The Morgan fingerprint density at radius 1 is 1.50 bits per heavy atom. The van der Waals surface area contributed by atoms with Crippen LogP contribution in [0.1, 0.15) is 11.3 Å². The van der Waals surface area contributed by atoms with Crippen LogP contribution in [0, 0.1) is 0 Å². The Kier molecular flexibility index (Phi) is 4.43. The average Bonchev–Trinajstić information content (AvgIpc) is 3.10. The molecule has 0 atom stereocenters. The number of hydrogen-bond acceptors (Lipinski definition) is 4. The molecule has 0 fully saturated rings. The van der Waals surface area contributed by atoms with Crippen molar-refractivity contribution in [1.82, 2.24) is 19.4 Å². The molecule has 2 heterocycles. The fourth-order valence-electron chi connectivity index (χ4n) is 1.73. The van der Waals surface area contributed by atoms with E-state index in [1.54, 1.807) is 18.7 Å². The highest BCUT2D eigenvalue weighted by Gasteiger charge is 2.44. The number of aromatic nitrogens is 3. The molecule has 2 rings (SSSR count). The van der Waals surface area contributed by atoms with Crippen LogP contribution in [-0.4, -0.2) is 38.9 Å². The molecule has 0 N–H and O–H groups in total. The maximum absolute atomic E-state index is 13.9. The van der Waals surface area contributed by atoms with Crippen molar-refractivity contribution in [3.8, 4) is 0 Å². The molecule has 0 aliphatic rings. The number of nitrogens with zero attached hydrogens (tertiary/aromatic N) is 4. The van der Waals surface area contributed by atoms with E-state index in [0.717, 1.165) is 22.4 Å². The SMILES string of the molecule is CN(CCCn1ccnc1)C(=O)C(F)(F)c1cncs1. The Balaban J connectivity index is 1.88. The number of hydrogen-bond donors (Lipinski definition) is 0. The van der Waals surface area contributed by atoms with Gasteiger partial charge in [-0.25, -0.2) is 4.98 Å². The van der Waals surface area contributed by atoms with Crippen LogP contribution in [0.25, 0.3) is 0 Å².